The summed E-state index contributed by atoms with van der Waals surface area (Å²) in [5, 5.41) is 12.8. The Bertz CT molecular complexity index is 1010. The zero-order chi connectivity index (χ0) is 17.9. The average molecular weight is 400 g/mol. The van der Waals surface area contributed by atoms with Gasteiger partial charge in [0.2, 0.25) is 5.16 Å². The van der Waals surface area contributed by atoms with Crippen LogP contribution in [0.15, 0.2) is 65.1 Å². The van der Waals surface area contributed by atoms with Crippen LogP contribution < -0.4 is 5.84 Å². The molecule has 0 aliphatic rings. The molecular formula is C18H14ClN5S2. The van der Waals surface area contributed by atoms with Gasteiger partial charge in [-0.1, -0.05) is 53.7 Å². The average Bonchev–Trinajstić information content (AvgIpc) is 3.29. The molecule has 130 valence electrons. The molecule has 0 aliphatic heterocycles. The fourth-order valence-corrected chi connectivity index (χ4v) is 4.20. The summed E-state index contributed by atoms with van der Waals surface area (Å²) >= 11 is 9.07. The zero-order valence-corrected chi connectivity index (χ0v) is 15.9. The number of rotatable bonds is 5. The normalized spacial score (nSPS) is 11.0. The van der Waals surface area contributed by atoms with Crippen molar-refractivity contribution in [3.8, 4) is 22.0 Å². The van der Waals surface area contributed by atoms with E-state index in [9.17, 15) is 0 Å². The van der Waals surface area contributed by atoms with Crippen molar-refractivity contribution in [3.63, 3.8) is 0 Å². The van der Waals surface area contributed by atoms with E-state index < -0.39 is 0 Å². The molecule has 5 nitrogen and oxygen atoms in total. The van der Waals surface area contributed by atoms with Gasteiger partial charge in [0.25, 0.3) is 0 Å². The molecule has 0 saturated heterocycles. The number of hydrogen-bond donors (Lipinski definition) is 1. The van der Waals surface area contributed by atoms with E-state index >= 15 is 0 Å². The van der Waals surface area contributed by atoms with Gasteiger partial charge in [0.05, 0.1) is 5.69 Å². The van der Waals surface area contributed by atoms with Crippen LogP contribution in [0, 0.1) is 0 Å². The third-order valence-corrected chi connectivity index (χ3v) is 5.86. The van der Waals surface area contributed by atoms with E-state index in [1.165, 1.54) is 16.4 Å². The van der Waals surface area contributed by atoms with E-state index in [1.807, 2.05) is 30.3 Å². The standard InChI is InChI=1S/C18H14ClN5S2/c19-14-8-6-12(7-9-14)16-22-23-18(24(16)20)26-11-15-10-25-17(21-15)13-4-2-1-3-5-13/h1-10H,11,20H2. The lowest BCUT2D eigenvalue weighted by Crippen LogP contribution is -2.11. The number of hydrogen-bond acceptors (Lipinski definition) is 6. The minimum Gasteiger partial charge on any atom is -0.335 e. The molecule has 8 heteroatoms. The summed E-state index contributed by atoms with van der Waals surface area (Å²) in [6, 6.07) is 17.5. The van der Waals surface area contributed by atoms with Gasteiger partial charge in [-0.15, -0.1) is 21.5 Å². The lowest BCUT2D eigenvalue weighted by atomic mass is 10.2. The predicted molar refractivity (Wildman–Crippen MR) is 108 cm³/mol. The Morgan fingerprint density at radius 2 is 1.77 bits per heavy atom. The van der Waals surface area contributed by atoms with Crippen molar-refractivity contribution in [1.29, 1.82) is 0 Å². The van der Waals surface area contributed by atoms with Crippen LogP contribution in [0.3, 0.4) is 0 Å². The summed E-state index contributed by atoms with van der Waals surface area (Å²) in [7, 11) is 0. The molecule has 2 N–H and O–H groups in total. The summed E-state index contributed by atoms with van der Waals surface area (Å²) in [4.78, 5) is 4.68. The molecule has 4 aromatic rings. The molecule has 0 spiro atoms. The predicted octanol–water partition coefficient (Wildman–Crippen LogP) is 4.73. The molecule has 0 radical (unpaired) electrons. The van der Waals surface area contributed by atoms with Crippen LogP contribution in [0.25, 0.3) is 22.0 Å². The molecule has 2 aromatic heterocycles. The number of aromatic nitrogens is 4. The number of thioether (sulfide) groups is 1. The summed E-state index contributed by atoms with van der Waals surface area (Å²) in [6.45, 7) is 0. The molecule has 0 saturated carbocycles. The first-order chi connectivity index (χ1) is 12.7. The minimum atomic E-state index is 0.604. The van der Waals surface area contributed by atoms with Gasteiger partial charge in [-0.05, 0) is 24.3 Å². The van der Waals surface area contributed by atoms with Gasteiger partial charge in [-0.2, -0.15) is 0 Å². The Morgan fingerprint density at radius 1 is 1.00 bits per heavy atom. The van der Waals surface area contributed by atoms with Crippen molar-refractivity contribution < 1.29 is 0 Å². The molecule has 0 bridgehead atoms. The second kappa shape index (κ2) is 7.49. The van der Waals surface area contributed by atoms with Gasteiger partial charge in [0.15, 0.2) is 5.82 Å². The van der Waals surface area contributed by atoms with Crippen molar-refractivity contribution in [1.82, 2.24) is 19.9 Å². The number of nitrogens with zero attached hydrogens (tertiary/aromatic N) is 4. The van der Waals surface area contributed by atoms with E-state index in [1.54, 1.807) is 23.5 Å². The van der Waals surface area contributed by atoms with Gasteiger partial charge in [0.1, 0.15) is 5.01 Å². The second-order valence-electron chi connectivity index (χ2n) is 5.48. The molecule has 0 atom stereocenters. The maximum Gasteiger partial charge on any atom is 0.210 e. The molecular weight excluding hydrogens is 386 g/mol. The van der Waals surface area contributed by atoms with E-state index in [4.69, 9.17) is 17.4 Å². The lowest BCUT2D eigenvalue weighted by Gasteiger charge is -2.03. The van der Waals surface area contributed by atoms with Crippen molar-refractivity contribution >= 4 is 34.7 Å². The molecule has 0 aliphatic carbocycles. The highest BCUT2D eigenvalue weighted by molar-refractivity contribution is 7.98. The third kappa shape index (κ3) is 3.60. The van der Waals surface area contributed by atoms with Crippen LogP contribution >= 0.6 is 34.7 Å². The van der Waals surface area contributed by atoms with Crippen LogP contribution in [0.1, 0.15) is 5.69 Å². The van der Waals surface area contributed by atoms with Gasteiger partial charge in [0, 0.05) is 27.3 Å². The van der Waals surface area contributed by atoms with Gasteiger partial charge in [-0.3, -0.25) is 0 Å². The minimum absolute atomic E-state index is 0.604. The van der Waals surface area contributed by atoms with Gasteiger partial charge in [-0.25, -0.2) is 9.66 Å². The Balaban J connectivity index is 1.47. The lowest BCUT2D eigenvalue weighted by molar-refractivity contribution is 0.849. The van der Waals surface area contributed by atoms with E-state index in [0.29, 0.717) is 21.8 Å². The quantitative estimate of drug-likeness (QED) is 0.388. The van der Waals surface area contributed by atoms with Crippen molar-refractivity contribution in [3.05, 3.63) is 70.7 Å². The molecule has 0 fully saturated rings. The van der Waals surface area contributed by atoms with Crippen LogP contribution in [0.2, 0.25) is 5.02 Å². The highest BCUT2D eigenvalue weighted by atomic mass is 35.5. The number of thiazole rings is 1. The van der Waals surface area contributed by atoms with Crippen LogP contribution in [0.4, 0.5) is 0 Å². The Labute approximate surface area is 163 Å². The SMILES string of the molecule is Nn1c(SCc2csc(-c3ccccc3)n2)nnc1-c1ccc(Cl)cc1. The maximum absolute atomic E-state index is 6.15. The zero-order valence-electron chi connectivity index (χ0n) is 13.5. The second-order valence-corrected chi connectivity index (χ2v) is 7.72. The highest BCUT2D eigenvalue weighted by Crippen LogP contribution is 2.28. The topological polar surface area (TPSA) is 69.6 Å². The third-order valence-electron chi connectivity index (χ3n) is 3.69. The molecule has 2 heterocycles. The molecule has 4 rings (SSSR count). The van der Waals surface area contributed by atoms with Crippen molar-refractivity contribution in [2.75, 3.05) is 5.84 Å². The van der Waals surface area contributed by atoms with E-state index in [2.05, 4.69) is 32.7 Å². The number of benzene rings is 2. The summed E-state index contributed by atoms with van der Waals surface area (Å²) < 4.78 is 1.50. The first-order valence-corrected chi connectivity index (χ1v) is 10.0. The Hall–Kier alpha value is -2.35. The first-order valence-electron chi connectivity index (χ1n) is 7.80. The molecule has 0 amide bonds. The Morgan fingerprint density at radius 3 is 2.54 bits per heavy atom. The van der Waals surface area contributed by atoms with Crippen LogP contribution in [-0.4, -0.2) is 19.9 Å². The maximum atomic E-state index is 6.15. The highest BCUT2D eigenvalue weighted by Gasteiger charge is 2.13. The van der Waals surface area contributed by atoms with Gasteiger partial charge < -0.3 is 5.84 Å². The summed E-state index contributed by atoms with van der Waals surface area (Å²) in [5.41, 5.74) is 2.99. The number of halogens is 1. The van der Waals surface area contributed by atoms with Gasteiger partial charge >= 0.3 is 0 Å². The van der Waals surface area contributed by atoms with Crippen LogP contribution in [-0.2, 0) is 5.75 Å². The number of nitrogen functional groups attached to an aromatic ring is 1. The monoisotopic (exact) mass is 399 g/mol. The summed E-state index contributed by atoms with van der Waals surface area (Å²) in [5.74, 6) is 7.44. The van der Waals surface area contributed by atoms with Crippen molar-refractivity contribution in [2.24, 2.45) is 0 Å². The fraction of sp³-hybridized carbons (Fsp3) is 0.0556. The van der Waals surface area contributed by atoms with Crippen LogP contribution in [0.5, 0.6) is 0 Å². The summed E-state index contributed by atoms with van der Waals surface area (Å²) in [6.07, 6.45) is 0. The smallest absolute Gasteiger partial charge is 0.210 e. The van der Waals surface area contributed by atoms with E-state index in [-0.39, 0.29) is 0 Å². The largest absolute Gasteiger partial charge is 0.335 e. The Kier molecular flexibility index (Phi) is 4.92. The number of nitrogens with two attached hydrogens (primary N) is 1. The molecule has 2 aromatic carbocycles. The first kappa shape index (κ1) is 17.1. The molecule has 26 heavy (non-hydrogen) atoms. The molecule has 0 unspecified atom stereocenters. The fourth-order valence-electron chi connectivity index (χ4n) is 2.40. The van der Waals surface area contributed by atoms with Crippen molar-refractivity contribution in [2.45, 2.75) is 10.9 Å². The van der Waals surface area contributed by atoms with E-state index in [0.717, 1.165) is 21.8 Å².